The Morgan fingerprint density at radius 2 is 1.31 bits per heavy atom. The first kappa shape index (κ1) is 23.2. The van der Waals surface area contributed by atoms with E-state index in [1.807, 2.05) is 0 Å². The summed E-state index contributed by atoms with van der Waals surface area (Å²) in [6.45, 7) is 0. The zero-order valence-corrected chi connectivity index (χ0v) is 18.0. The molecule has 0 saturated carbocycles. The summed E-state index contributed by atoms with van der Waals surface area (Å²) in [5.74, 6) is -0.477. The van der Waals surface area contributed by atoms with Crippen molar-refractivity contribution in [3.8, 4) is 0 Å². The lowest BCUT2D eigenvalue weighted by molar-refractivity contribution is 0.102. The Hall–Kier alpha value is -3.51. The normalized spacial score (nSPS) is 12.1. The van der Waals surface area contributed by atoms with Crippen LogP contribution in [0.5, 0.6) is 0 Å². The average Bonchev–Trinajstić information content (AvgIpc) is 2.72. The number of nitrogens with one attached hydrogen (secondary N) is 1. The lowest BCUT2D eigenvalue weighted by Crippen LogP contribution is -2.12. The first-order valence-corrected chi connectivity index (χ1v) is 11.9. The molecule has 166 valence electrons. The van der Waals surface area contributed by atoms with Gasteiger partial charge in [-0.2, -0.15) is 16.8 Å². The highest BCUT2D eigenvalue weighted by atomic mass is 32.2. The monoisotopic (exact) mass is 474 g/mol. The zero-order valence-electron chi connectivity index (χ0n) is 16.3. The molecular formula is C21H18N2O7S2. The third-order valence-electron chi connectivity index (χ3n) is 4.34. The molecule has 0 unspecified atom stereocenters. The number of carbonyl (C=O) groups excluding carboxylic acids is 1. The Kier molecular flexibility index (Phi) is 6.46. The molecule has 11 heteroatoms. The molecular weight excluding hydrogens is 456 g/mol. The number of amides is 1. The molecule has 9 nitrogen and oxygen atoms in total. The first-order chi connectivity index (χ1) is 14.9. The maximum Gasteiger partial charge on any atom is 0.295 e. The summed E-state index contributed by atoms with van der Waals surface area (Å²) in [7, 11) is -9.29. The van der Waals surface area contributed by atoms with Gasteiger partial charge in [-0.05, 0) is 47.5 Å². The molecule has 0 spiro atoms. The van der Waals surface area contributed by atoms with E-state index in [1.54, 1.807) is 30.3 Å². The predicted molar refractivity (Wildman–Crippen MR) is 120 cm³/mol. The summed E-state index contributed by atoms with van der Waals surface area (Å²) >= 11 is 0. The number of hydrogen-bond acceptors (Lipinski definition) is 6. The van der Waals surface area contributed by atoms with Crippen LogP contribution in [0.3, 0.4) is 0 Å². The smallest absolute Gasteiger partial charge is 0.295 e. The second kappa shape index (κ2) is 8.93. The van der Waals surface area contributed by atoms with Crippen LogP contribution in [0.2, 0.25) is 0 Å². The maximum atomic E-state index is 12.3. The van der Waals surface area contributed by atoms with Crippen molar-refractivity contribution in [3.63, 3.8) is 0 Å². The van der Waals surface area contributed by atoms with Crippen molar-refractivity contribution in [2.45, 2.75) is 9.79 Å². The van der Waals surface area contributed by atoms with Crippen LogP contribution < -0.4 is 11.1 Å². The summed E-state index contributed by atoms with van der Waals surface area (Å²) in [4.78, 5) is 11.3. The van der Waals surface area contributed by atoms with Crippen LogP contribution in [0.25, 0.3) is 12.2 Å². The first-order valence-electron chi connectivity index (χ1n) is 8.98. The molecule has 0 fully saturated rings. The third-order valence-corrected chi connectivity index (χ3v) is 6.16. The molecule has 3 aromatic rings. The standard InChI is InChI=1S/C21H18N2O7S2/c22-17-10-8-14(19(12-17)31(25,26)27)6-7-15-9-11-18(13-20(15)32(28,29)30)23-21(24)16-4-2-1-3-5-16/h1-13H,22H2,(H,23,24)(H,25,26,27)(H,28,29,30)/b7-6+. The minimum absolute atomic E-state index is 0.0170. The lowest BCUT2D eigenvalue weighted by Gasteiger charge is -2.09. The minimum Gasteiger partial charge on any atom is -0.399 e. The molecule has 5 N–H and O–H groups in total. The van der Waals surface area contributed by atoms with Crippen LogP contribution in [0.15, 0.2) is 76.5 Å². The third kappa shape index (κ3) is 5.59. The van der Waals surface area contributed by atoms with Gasteiger partial charge in [0.1, 0.15) is 9.79 Å². The van der Waals surface area contributed by atoms with E-state index >= 15 is 0 Å². The van der Waals surface area contributed by atoms with Crippen molar-refractivity contribution in [1.82, 2.24) is 0 Å². The van der Waals surface area contributed by atoms with Crippen LogP contribution in [0.4, 0.5) is 11.4 Å². The van der Waals surface area contributed by atoms with Crippen LogP contribution in [0, 0.1) is 0 Å². The van der Waals surface area contributed by atoms with Crippen molar-refractivity contribution in [1.29, 1.82) is 0 Å². The van der Waals surface area contributed by atoms with E-state index in [4.69, 9.17) is 5.73 Å². The number of anilines is 2. The van der Waals surface area contributed by atoms with E-state index in [-0.39, 0.29) is 22.5 Å². The molecule has 0 radical (unpaired) electrons. The molecule has 0 aromatic heterocycles. The zero-order chi connectivity index (χ0) is 23.5. The van der Waals surface area contributed by atoms with Gasteiger partial charge in [0.2, 0.25) is 0 Å². The van der Waals surface area contributed by atoms with E-state index < -0.39 is 35.9 Å². The Labute approximate surface area is 184 Å². The Bertz CT molecular complexity index is 1420. The summed E-state index contributed by atoms with van der Waals surface area (Å²) in [5, 5.41) is 2.54. The molecule has 0 heterocycles. The fourth-order valence-corrected chi connectivity index (χ4v) is 4.29. The average molecular weight is 475 g/mol. The van der Waals surface area contributed by atoms with Crippen LogP contribution in [-0.4, -0.2) is 31.8 Å². The van der Waals surface area contributed by atoms with Crippen molar-refractivity contribution in [2.75, 3.05) is 11.1 Å². The van der Waals surface area contributed by atoms with Crippen LogP contribution >= 0.6 is 0 Å². The van der Waals surface area contributed by atoms with E-state index in [2.05, 4.69) is 5.32 Å². The molecule has 0 saturated heterocycles. The van der Waals surface area contributed by atoms with Crippen molar-refractivity contribution < 1.29 is 30.7 Å². The van der Waals surface area contributed by atoms with E-state index in [1.165, 1.54) is 36.4 Å². The fraction of sp³-hybridized carbons (Fsp3) is 0. The highest BCUT2D eigenvalue weighted by molar-refractivity contribution is 7.86. The molecule has 0 atom stereocenters. The minimum atomic E-state index is -4.70. The van der Waals surface area contributed by atoms with Gasteiger partial charge >= 0.3 is 0 Å². The fourth-order valence-electron chi connectivity index (χ4n) is 2.86. The van der Waals surface area contributed by atoms with Gasteiger partial charge in [0.05, 0.1) is 0 Å². The summed E-state index contributed by atoms with van der Waals surface area (Å²) < 4.78 is 66.0. The summed E-state index contributed by atoms with van der Waals surface area (Å²) in [6.07, 6.45) is 2.49. The van der Waals surface area contributed by atoms with Gasteiger partial charge in [-0.25, -0.2) is 0 Å². The van der Waals surface area contributed by atoms with Gasteiger partial charge in [-0.3, -0.25) is 13.9 Å². The number of carbonyl (C=O) groups is 1. The van der Waals surface area contributed by atoms with Gasteiger partial charge in [0.15, 0.2) is 0 Å². The van der Waals surface area contributed by atoms with E-state index in [9.17, 15) is 30.7 Å². The second-order valence-corrected chi connectivity index (χ2v) is 9.43. The number of hydrogen-bond donors (Lipinski definition) is 4. The SMILES string of the molecule is Nc1ccc(/C=C/c2ccc(NC(=O)c3ccccc3)cc2S(=O)(=O)O)c(S(=O)(=O)O)c1. The molecule has 0 aliphatic heterocycles. The molecule has 0 bridgehead atoms. The van der Waals surface area contributed by atoms with Crippen molar-refractivity contribution in [2.24, 2.45) is 0 Å². The molecule has 1 amide bonds. The number of nitrogens with two attached hydrogens (primary N) is 1. The lowest BCUT2D eigenvalue weighted by atomic mass is 10.1. The van der Waals surface area contributed by atoms with Gasteiger partial charge in [0, 0.05) is 16.9 Å². The summed E-state index contributed by atoms with van der Waals surface area (Å²) in [6, 6.07) is 15.8. The molecule has 0 aliphatic rings. The Morgan fingerprint density at radius 3 is 1.88 bits per heavy atom. The molecule has 3 rings (SSSR count). The molecule has 0 aliphatic carbocycles. The molecule has 32 heavy (non-hydrogen) atoms. The second-order valence-electron chi connectivity index (χ2n) is 6.65. The van der Waals surface area contributed by atoms with Gasteiger partial charge in [0.25, 0.3) is 26.1 Å². The topological polar surface area (TPSA) is 164 Å². The highest BCUT2D eigenvalue weighted by Crippen LogP contribution is 2.25. The van der Waals surface area contributed by atoms with Crippen molar-refractivity contribution in [3.05, 3.63) is 83.4 Å². The van der Waals surface area contributed by atoms with E-state index in [0.29, 0.717) is 5.56 Å². The predicted octanol–water partition coefficient (Wildman–Crippen LogP) is 3.18. The maximum absolute atomic E-state index is 12.3. The van der Waals surface area contributed by atoms with Crippen LogP contribution in [0.1, 0.15) is 21.5 Å². The quantitative estimate of drug-likeness (QED) is 0.240. The molecule has 3 aromatic carbocycles. The highest BCUT2D eigenvalue weighted by Gasteiger charge is 2.18. The Balaban J connectivity index is 1.99. The van der Waals surface area contributed by atoms with Gasteiger partial charge < -0.3 is 11.1 Å². The number of rotatable bonds is 6. The van der Waals surface area contributed by atoms with Crippen molar-refractivity contribution >= 4 is 49.7 Å². The number of benzene rings is 3. The van der Waals surface area contributed by atoms with Gasteiger partial charge in [-0.1, -0.05) is 42.5 Å². The summed E-state index contributed by atoms with van der Waals surface area (Å²) in [5.41, 5.74) is 6.20. The van der Waals surface area contributed by atoms with E-state index in [0.717, 1.165) is 12.1 Å². The Morgan fingerprint density at radius 1 is 0.781 bits per heavy atom. The van der Waals surface area contributed by atoms with Gasteiger partial charge in [-0.15, -0.1) is 0 Å². The number of nitrogen functional groups attached to an aromatic ring is 1. The van der Waals surface area contributed by atoms with Crippen LogP contribution in [-0.2, 0) is 20.2 Å². The largest absolute Gasteiger partial charge is 0.399 e.